The van der Waals surface area contributed by atoms with Crippen LogP contribution in [0.25, 0.3) is 0 Å². The quantitative estimate of drug-likeness (QED) is 0.300. The van der Waals surface area contributed by atoms with E-state index >= 15 is 0 Å². The molecule has 2 heterocycles. The van der Waals surface area contributed by atoms with Crippen molar-refractivity contribution in [2.24, 2.45) is 17.8 Å². The molecule has 7 nitrogen and oxygen atoms in total. The van der Waals surface area contributed by atoms with Crippen molar-refractivity contribution in [1.29, 1.82) is 0 Å². The van der Waals surface area contributed by atoms with E-state index in [1.165, 1.54) is 34.1 Å². The highest BCUT2D eigenvalue weighted by Gasteiger charge is 2.48. The maximum Gasteiger partial charge on any atom is 0.316 e. The number of hydrogen-bond acceptors (Lipinski definition) is 5. The van der Waals surface area contributed by atoms with Crippen LogP contribution in [0.5, 0.6) is 5.75 Å². The Kier molecular flexibility index (Phi) is 5.51. The maximum absolute atomic E-state index is 13.2. The van der Waals surface area contributed by atoms with Crippen LogP contribution in [0.2, 0.25) is 0 Å². The van der Waals surface area contributed by atoms with Crippen LogP contribution in [0, 0.1) is 30.5 Å². The minimum Gasteiger partial charge on any atom is -0.426 e. The fourth-order valence-electron chi connectivity index (χ4n) is 4.92. The molecule has 3 atom stereocenters. The largest absolute Gasteiger partial charge is 0.426 e. The summed E-state index contributed by atoms with van der Waals surface area (Å²) in [5.74, 6) is -2.60. The zero-order chi connectivity index (χ0) is 24.0. The molecule has 2 saturated heterocycles. The van der Waals surface area contributed by atoms with E-state index in [0.717, 1.165) is 0 Å². The van der Waals surface area contributed by atoms with Gasteiger partial charge in [-0.2, -0.15) is 0 Å². The first kappa shape index (κ1) is 22.0. The molecule has 3 amide bonds. The van der Waals surface area contributed by atoms with Gasteiger partial charge in [-0.15, -0.1) is 0 Å². The van der Waals surface area contributed by atoms with Crippen molar-refractivity contribution in [2.75, 3.05) is 16.3 Å². The van der Waals surface area contributed by atoms with Gasteiger partial charge in [0.25, 0.3) is 0 Å². The Bertz CT molecular complexity index is 1200. The van der Waals surface area contributed by atoms with Gasteiger partial charge in [0.1, 0.15) is 11.6 Å². The molecule has 0 N–H and O–H groups in total. The maximum atomic E-state index is 13.2. The van der Waals surface area contributed by atoms with E-state index in [1.807, 2.05) is 12.2 Å². The van der Waals surface area contributed by atoms with Crippen molar-refractivity contribution in [3.63, 3.8) is 0 Å². The molecule has 5 rings (SSSR count). The predicted octanol–water partition coefficient (Wildman–Crippen LogP) is 3.55. The molecule has 0 unspecified atom stereocenters. The number of hydrogen-bond donors (Lipinski definition) is 0. The van der Waals surface area contributed by atoms with Crippen LogP contribution in [0.15, 0.2) is 54.6 Å². The SMILES string of the molecule is Cc1cc(OC(=O)[C@@H]2CC(=O)N(c3ccc(F)cc3)C2)ccc1N1C(=O)[C@H]2CC=CC[C@@H]2C1=O. The molecule has 0 saturated carbocycles. The lowest BCUT2D eigenvalue weighted by Crippen LogP contribution is -2.31. The highest BCUT2D eigenvalue weighted by Crippen LogP contribution is 2.39. The molecule has 0 bridgehead atoms. The molecular weight excluding hydrogens is 439 g/mol. The van der Waals surface area contributed by atoms with Gasteiger partial charge in [-0.25, -0.2) is 9.29 Å². The number of aryl methyl sites for hydroxylation is 1. The van der Waals surface area contributed by atoms with Gasteiger partial charge in [0.15, 0.2) is 0 Å². The first-order valence-electron chi connectivity index (χ1n) is 11.2. The van der Waals surface area contributed by atoms with Crippen molar-refractivity contribution in [3.05, 3.63) is 66.0 Å². The van der Waals surface area contributed by atoms with Crippen LogP contribution in [0.3, 0.4) is 0 Å². The third-order valence-corrected chi connectivity index (χ3v) is 6.73. The summed E-state index contributed by atoms with van der Waals surface area (Å²) in [4.78, 5) is 53.5. The van der Waals surface area contributed by atoms with E-state index in [-0.39, 0.29) is 48.3 Å². The molecule has 174 valence electrons. The average molecular weight is 462 g/mol. The minimum absolute atomic E-state index is 0.000862. The molecular formula is C26H23FN2O5. The van der Waals surface area contributed by atoms with Gasteiger partial charge in [-0.3, -0.25) is 19.2 Å². The number of esters is 1. The number of benzene rings is 2. The molecule has 2 fully saturated rings. The lowest BCUT2D eigenvalue weighted by atomic mass is 9.85. The van der Waals surface area contributed by atoms with Crippen molar-refractivity contribution >= 4 is 35.1 Å². The third-order valence-electron chi connectivity index (χ3n) is 6.73. The summed E-state index contributed by atoms with van der Waals surface area (Å²) in [5.41, 5.74) is 1.65. The van der Waals surface area contributed by atoms with Gasteiger partial charge in [-0.1, -0.05) is 12.2 Å². The van der Waals surface area contributed by atoms with Gasteiger partial charge in [0.05, 0.1) is 23.4 Å². The standard InChI is InChI=1S/C26H23FN2O5/c1-15-12-19(10-11-22(15)29-24(31)20-4-2-3-5-21(20)25(29)32)34-26(33)16-13-23(30)28(14-16)18-8-6-17(27)7-9-18/h2-3,6-12,16,20-21H,4-5,13-14H2,1H3/t16-,20+,21+/m1/s1. The second-order valence-electron chi connectivity index (χ2n) is 8.92. The fourth-order valence-corrected chi connectivity index (χ4v) is 4.92. The molecule has 2 aromatic carbocycles. The third kappa shape index (κ3) is 3.79. The van der Waals surface area contributed by atoms with E-state index in [2.05, 4.69) is 0 Å². The van der Waals surface area contributed by atoms with Gasteiger partial charge in [-0.05, 0) is 67.8 Å². The van der Waals surface area contributed by atoms with E-state index in [9.17, 15) is 23.6 Å². The number of allylic oxidation sites excluding steroid dienone is 2. The van der Waals surface area contributed by atoms with Crippen LogP contribution in [-0.4, -0.2) is 30.2 Å². The van der Waals surface area contributed by atoms with Gasteiger partial charge in [0, 0.05) is 18.7 Å². The summed E-state index contributed by atoms with van der Waals surface area (Å²) >= 11 is 0. The summed E-state index contributed by atoms with van der Waals surface area (Å²) in [5, 5.41) is 0. The number of ether oxygens (including phenoxy) is 1. The first-order chi connectivity index (χ1) is 16.3. The smallest absolute Gasteiger partial charge is 0.316 e. The summed E-state index contributed by atoms with van der Waals surface area (Å²) in [6.45, 7) is 1.90. The molecule has 1 aliphatic carbocycles. The Morgan fingerprint density at radius 3 is 2.24 bits per heavy atom. The Morgan fingerprint density at radius 1 is 0.971 bits per heavy atom. The Labute approximate surface area is 195 Å². The van der Waals surface area contributed by atoms with Crippen LogP contribution in [0.1, 0.15) is 24.8 Å². The number of imide groups is 1. The van der Waals surface area contributed by atoms with Crippen LogP contribution < -0.4 is 14.5 Å². The topological polar surface area (TPSA) is 84.0 Å². The Hall–Kier alpha value is -3.81. The summed E-state index contributed by atoms with van der Waals surface area (Å²) in [7, 11) is 0. The van der Waals surface area contributed by atoms with Gasteiger partial charge < -0.3 is 9.64 Å². The monoisotopic (exact) mass is 462 g/mol. The van der Waals surface area contributed by atoms with E-state index in [1.54, 1.807) is 25.1 Å². The van der Waals surface area contributed by atoms with Crippen LogP contribution >= 0.6 is 0 Å². The predicted molar refractivity (Wildman–Crippen MR) is 122 cm³/mol. The minimum atomic E-state index is -0.658. The summed E-state index contributed by atoms with van der Waals surface area (Å²) in [6, 6.07) is 10.3. The lowest BCUT2D eigenvalue weighted by molar-refractivity contribution is -0.139. The number of carbonyl (C=O) groups is 4. The van der Waals surface area contributed by atoms with Crippen LogP contribution in [-0.2, 0) is 19.2 Å². The second-order valence-corrected chi connectivity index (χ2v) is 8.92. The molecule has 34 heavy (non-hydrogen) atoms. The zero-order valence-corrected chi connectivity index (χ0v) is 18.6. The number of fused-ring (bicyclic) bond motifs is 1. The number of halogens is 1. The Morgan fingerprint density at radius 2 is 1.62 bits per heavy atom. The molecule has 0 aromatic heterocycles. The summed E-state index contributed by atoms with van der Waals surface area (Å²) in [6.07, 6.45) is 5.01. The van der Waals surface area contributed by atoms with Gasteiger partial charge >= 0.3 is 5.97 Å². The van der Waals surface area contributed by atoms with E-state index in [0.29, 0.717) is 29.8 Å². The molecule has 2 aliphatic heterocycles. The fraction of sp³-hybridized carbons (Fsp3) is 0.308. The molecule has 0 spiro atoms. The molecule has 8 heteroatoms. The summed E-state index contributed by atoms with van der Waals surface area (Å²) < 4.78 is 18.7. The van der Waals surface area contributed by atoms with Crippen LogP contribution in [0.4, 0.5) is 15.8 Å². The number of rotatable bonds is 4. The normalized spacial score (nSPS) is 24.1. The second kappa shape index (κ2) is 8.52. The van der Waals surface area contributed by atoms with Gasteiger partial charge in [0.2, 0.25) is 17.7 Å². The number of amides is 3. The number of anilines is 2. The van der Waals surface area contributed by atoms with Crippen molar-refractivity contribution < 1.29 is 28.3 Å². The van der Waals surface area contributed by atoms with Crippen molar-refractivity contribution in [1.82, 2.24) is 0 Å². The van der Waals surface area contributed by atoms with Crippen molar-refractivity contribution in [3.8, 4) is 5.75 Å². The van der Waals surface area contributed by atoms with Crippen molar-refractivity contribution in [2.45, 2.75) is 26.2 Å². The highest BCUT2D eigenvalue weighted by molar-refractivity contribution is 6.22. The first-order valence-corrected chi connectivity index (χ1v) is 11.2. The van der Waals surface area contributed by atoms with E-state index < -0.39 is 17.7 Å². The number of carbonyl (C=O) groups excluding carboxylic acids is 4. The molecule has 2 aromatic rings. The van der Waals surface area contributed by atoms with E-state index in [4.69, 9.17) is 4.74 Å². The molecule has 3 aliphatic rings. The highest BCUT2D eigenvalue weighted by atomic mass is 19.1. The average Bonchev–Trinajstić information content (AvgIpc) is 3.33. The molecule has 0 radical (unpaired) electrons. The zero-order valence-electron chi connectivity index (χ0n) is 18.6. The lowest BCUT2D eigenvalue weighted by Gasteiger charge is -2.19. The number of nitrogens with zero attached hydrogens (tertiary/aromatic N) is 2. The Balaban J connectivity index is 1.28.